The molecule has 0 bridgehead atoms. The van der Waals surface area contributed by atoms with Crippen molar-refractivity contribution in [2.45, 2.75) is 26.3 Å². The predicted octanol–water partition coefficient (Wildman–Crippen LogP) is 5.22. The third-order valence-electron chi connectivity index (χ3n) is 3.40. The van der Waals surface area contributed by atoms with E-state index < -0.39 is 0 Å². The van der Waals surface area contributed by atoms with Crippen LogP contribution in [0.15, 0.2) is 46.9 Å². The molecule has 0 saturated heterocycles. The van der Waals surface area contributed by atoms with Gasteiger partial charge in [-0.05, 0) is 55.8 Å². The fraction of sp³-hybridized carbons (Fsp3) is 0.294. The van der Waals surface area contributed by atoms with Gasteiger partial charge in [-0.15, -0.1) is 0 Å². The van der Waals surface area contributed by atoms with Crippen molar-refractivity contribution in [3.63, 3.8) is 0 Å². The second-order valence-electron chi connectivity index (χ2n) is 4.83. The lowest BCUT2D eigenvalue weighted by Gasteiger charge is -2.16. The van der Waals surface area contributed by atoms with Gasteiger partial charge in [-0.1, -0.05) is 41.1 Å². The largest absolute Gasteiger partial charge is 0.457 e. The van der Waals surface area contributed by atoms with E-state index in [1.807, 2.05) is 44.3 Å². The summed E-state index contributed by atoms with van der Waals surface area (Å²) in [6.45, 7) is 4.22. The van der Waals surface area contributed by atoms with Gasteiger partial charge in [-0.25, -0.2) is 0 Å². The smallest absolute Gasteiger partial charge is 0.131 e. The molecular weight excluding hydrogens is 314 g/mol. The fourth-order valence-electron chi connectivity index (χ4n) is 2.21. The van der Waals surface area contributed by atoms with Gasteiger partial charge in [0.05, 0.1) is 0 Å². The Kier molecular flexibility index (Phi) is 5.21. The van der Waals surface area contributed by atoms with Crippen LogP contribution in [0.5, 0.6) is 11.5 Å². The van der Waals surface area contributed by atoms with Crippen LogP contribution < -0.4 is 10.1 Å². The number of rotatable bonds is 5. The number of benzene rings is 2. The van der Waals surface area contributed by atoms with Crippen molar-refractivity contribution in [1.29, 1.82) is 0 Å². The maximum Gasteiger partial charge on any atom is 0.131 e. The molecule has 0 amide bonds. The first-order valence-electron chi connectivity index (χ1n) is 6.85. The number of aryl methyl sites for hydroxylation is 1. The van der Waals surface area contributed by atoms with Crippen molar-refractivity contribution in [1.82, 2.24) is 5.32 Å². The van der Waals surface area contributed by atoms with Gasteiger partial charge >= 0.3 is 0 Å². The molecule has 0 aromatic heterocycles. The lowest BCUT2D eigenvalue weighted by Crippen LogP contribution is -2.14. The Morgan fingerprint density at radius 2 is 2.00 bits per heavy atom. The number of nitrogens with one attached hydrogen (secondary N) is 1. The van der Waals surface area contributed by atoms with Crippen LogP contribution in [0.4, 0.5) is 0 Å². The van der Waals surface area contributed by atoms with Crippen LogP contribution in [0.25, 0.3) is 0 Å². The molecule has 3 heteroatoms. The standard InChI is InChI=1S/C17H20BrNO/c1-4-16(19-3)13-6-5-7-15(10-13)20-17-11-14(18)9-8-12(17)2/h5-11,16,19H,4H2,1-3H3. The van der Waals surface area contributed by atoms with Crippen LogP contribution in [0.2, 0.25) is 0 Å². The van der Waals surface area contributed by atoms with Gasteiger partial charge in [0.2, 0.25) is 0 Å². The van der Waals surface area contributed by atoms with Crippen molar-refractivity contribution in [3.05, 3.63) is 58.1 Å². The molecule has 2 nitrogen and oxygen atoms in total. The number of hydrogen-bond donors (Lipinski definition) is 1. The fourth-order valence-corrected chi connectivity index (χ4v) is 2.55. The third kappa shape index (κ3) is 3.62. The zero-order valence-electron chi connectivity index (χ0n) is 12.1. The lowest BCUT2D eigenvalue weighted by atomic mass is 10.0. The van der Waals surface area contributed by atoms with E-state index in [0.29, 0.717) is 6.04 Å². The van der Waals surface area contributed by atoms with Gasteiger partial charge in [0.1, 0.15) is 11.5 Å². The van der Waals surface area contributed by atoms with E-state index in [4.69, 9.17) is 4.74 Å². The number of hydrogen-bond acceptors (Lipinski definition) is 2. The van der Waals surface area contributed by atoms with Crippen LogP contribution in [0.1, 0.15) is 30.5 Å². The highest BCUT2D eigenvalue weighted by Crippen LogP contribution is 2.29. The molecule has 1 atom stereocenters. The highest BCUT2D eigenvalue weighted by atomic mass is 79.9. The summed E-state index contributed by atoms with van der Waals surface area (Å²) < 4.78 is 7.04. The second-order valence-corrected chi connectivity index (χ2v) is 5.75. The summed E-state index contributed by atoms with van der Waals surface area (Å²) in [7, 11) is 1.99. The summed E-state index contributed by atoms with van der Waals surface area (Å²) in [5.41, 5.74) is 2.37. The average molecular weight is 334 g/mol. The summed E-state index contributed by atoms with van der Waals surface area (Å²) in [6, 6.07) is 14.7. The van der Waals surface area contributed by atoms with E-state index >= 15 is 0 Å². The summed E-state index contributed by atoms with van der Waals surface area (Å²) >= 11 is 3.48. The van der Waals surface area contributed by atoms with E-state index in [-0.39, 0.29) is 0 Å². The van der Waals surface area contributed by atoms with Gasteiger partial charge in [0.15, 0.2) is 0 Å². The quantitative estimate of drug-likeness (QED) is 0.809. The van der Waals surface area contributed by atoms with E-state index in [1.54, 1.807) is 0 Å². The van der Waals surface area contributed by atoms with Crippen LogP contribution >= 0.6 is 15.9 Å². The maximum absolute atomic E-state index is 6.01. The second kappa shape index (κ2) is 6.91. The van der Waals surface area contributed by atoms with Gasteiger partial charge < -0.3 is 10.1 Å². The van der Waals surface area contributed by atoms with Crippen LogP contribution in [-0.2, 0) is 0 Å². The molecule has 0 aliphatic carbocycles. The predicted molar refractivity (Wildman–Crippen MR) is 87.5 cm³/mol. The Morgan fingerprint density at radius 1 is 1.20 bits per heavy atom. The van der Waals surface area contributed by atoms with E-state index in [9.17, 15) is 0 Å². The van der Waals surface area contributed by atoms with E-state index in [2.05, 4.69) is 40.3 Å². The first-order chi connectivity index (χ1) is 9.63. The van der Waals surface area contributed by atoms with Crippen molar-refractivity contribution >= 4 is 15.9 Å². The Bertz CT molecular complexity index is 579. The zero-order valence-corrected chi connectivity index (χ0v) is 13.7. The SMILES string of the molecule is CCC(NC)c1cccc(Oc2cc(Br)ccc2C)c1. The van der Waals surface area contributed by atoms with Crippen molar-refractivity contribution in [2.75, 3.05) is 7.05 Å². The highest BCUT2D eigenvalue weighted by molar-refractivity contribution is 9.10. The van der Waals surface area contributed by atoms with Crippen molar-refractivity contribution < 1.29 is 4.74 Å². The van der Waals surface area contributed by atoms with E-state index in [1.165, 1.54) is 5.56 Å². The van der Waals surface area contributed by atoms with Crippen LogP contribution in [0, 0.1) is 6.92 Å². The molecule has 20 heavy (non-hydrogen) atoms. The molecule has 1 N–H and O–H groups in total. The molecule has 2 aromatic rings. The summed E-state index contributed by atoms with van der Waals surface area (Å²) in [5, 5.41) is 3.32. The minimum absolute atomic E-state index is 0.363. The normalized spacial score (nSPS) is 12.2. The topological polar surface area (TPSA) is 21.3 Å². The molecule has 0 spiro atoms. The minimum Gasteiger partial charge on any atom is -0.457 e. The molecule has 2 rings (SSSR count). The lowest BCUT2D eigenvalue weighted by molar-refractivity contribution is 0.475. The molecular formula is C17H20BrNO. The van der Waals surface area contributed by atoms with E-state index in [0.717, 1.165) is 28.0 Å². The summed E-state index contributed by atoms with van der Waals surface area (Å²) in [4.78, 5) is 0. The first-order valence-corrected chi connectivity index (χ1v) is 7.64. The van der Waals surface area contributed by atoms with Crippen molar-refractivity contribution in [3.8, 4) is 11.5 Å². The Morgan fingerprint density at radius 3 is 2.70 bits per heavy atom. The molecule has 0 aliphatic heterocycles. The summed E-state index contributed by atoms with van der Waals surface area (Å²) in [6.07, 6.45) is 1.05. The highest BCUT2D eigenvalue weighted by Gasteiger charge is 2.08. The summed E-state index contributed by atoms with van der Waals surface area (Å²) in [5.74, 6) is 1.76. The van der Waals surface area contributed by atoms with Crippen molar-refractivity contribution in [2.24, 2.45) is 0 Å². The first kappa shape index (κ1) is 15.1. The number of halogens is 1. The number of ether oxygens (including phenoxy) is 1. The Balaban J connectivity index is 2.25. The minimum atomic E-state index is 0.363. The van der Waals surface area contributed by atoms with Crippen LogP contribution in [-0.4, -0.2) is 7.05 Å². The average Bonchev–Trinajstić information content (AvgIpc) is 2.45. The van der Waals surface area contributed by atoms with Gasteiger partial charge in [-0.3, -0.25) is 0 Å². The molecule has 2 aromatic carbocycles. The Hall–Kier alpha value is -1.32. The molecule has 0 fully saturated rings. The monoisotopic (exact) mass is 333 g/mol. The molecule has 0 heterocycles. The molecule has 1 unspecified atom stereocenters. The molecule has 0 aliphatic rings. The third-order valence-corrected chi connectivity index (χ3v) is 3.89. The zero-order chi connectivity index (χ0) is 14.5. The van der Waals surface area contributed by atoms with Gasteiger partial charge in [-0.2, -0.15) is 0 Å². The maximum atomic E-state index is 6.01. The van der Waals surface area contributed by atoms with Crippen LogP contribution in [0.3, 0.4) is 0 Å². The Labute approximate surface area is 129 Å². The van der Waals surface area contributed by atoms with Gasteiger partial charge in [0.25, 0.3) is 0 Å². The molecule has 0 saturated carbocycles. The van der Waals surface area contributed by atoms with Gasteiger partial charge in [0, 0.05) is 10.5 Å². The molecule has 106 valence electrons. The molecule has 0 radical (unpaired) electrons.